The first kappa shape index (κ1) is 11.5. The summed E-state index contributed by atoms with van der Waals surface area (Å²) in [4.78, 5) is -2.32. The van der Waals surface area contributed by atoms with Gasteiger partial charge in [-0.15, -0.1) is 0 Å². The molecule has 4 nitrogen and oxygen atoms in total. The van der Waals surface area contributed by atoms with Gasteiger partial charge in [0.15, 0.2) is 0 Å². The van der Waals surface area contributed by atoms with E-state index < -0.39 is 27.8 Å². The summed E-state index contributed by atoms with van der Waals surface area (Å²) < 4.78 is 49.6. The number of rotatable bonds is 2. The second-order valence-electron chi connectivity index (χ2n) is 3.65. The van der Waals surface area contributed by atoms with E-state index >= 15 is 0 Å². The van der Waals surface area contributed by atoms with Crippen molar-refractivity contribution in [2.75, 3.05) is 6.61 Å². The van der Waals surface area contributed by atoms with Gasteiger partial charge < -0.3 is 4.74 Å². The SMILES string of the molecule is Cc1ccc(C2(S(=O)(=O)O)OC[C]2F)cc1. The lowest BCUT2D eigenvalue weighted by molar-refractivity contribution is -0.104. The average Bonchev–Trinajstić information content (AvgIpc) is 2.17. The molecule has 6 heteroatoms. The summed E-state index contributed by atoms with van der Waals surface area (Å²) >= 11 is 0. The second-order valence-corrected chi connectivity index (χ2v) is 5.18. The first-order valence-corrected chi connectivity index (χ1v) is 6.02. The number of benzene rings is 1. The third-order valence-electron chi connectivity index (χ3n) is 2.55. The van der Waals surface area contributed by atoms with Crippen molar-refractivity contribution in [3.63, 3.8) is 0 Å². The van der Waals surface area contributed by atoms with Gasteiger partial charge in [0.2, 0.25) is 6.17 Å². The standard InChI is InChI=1S/C10H10FO4S/c1-7-2-4-8(5-3-7)10(16(12,13)14)9(11)6-15-10/h2-5H,6H2,1H3,(H,12,13,14). The predicted molar refractivity (Wildman–Crippen MR) is 54.7 cm³/mol. The van der Waals surface area contributed by atoms with Crippen LogP contribution in [0.4, 0.5) is 4.39 Å². The lowest BCUT2D eigenvalue weighted by atomic mass is 9.99. The Morgan fingerprint density at radius 3 is 2.25 bits per heavy atom. The van der Waals surface area contributed by atoms with Gasteiger partial charge in [0.05, 0.1) is 6.61 Å². The van der Waals surface area contributed by atoms with Crippen molar-refractivity contribution < 1.29 is 22.1 Å². The van der Waals surface area contributed by atoms with Gasteiger partial charge in [0.25, 0.3) is 4.93 Å². The summed E-state index contributed by atoms with van der Waals surface area (Å²) in [6, 6.07) is 6.08. The molecule has 0 bridgehead atoms. The van der Waals surface area contributed by atoms with E-state index in [2.05, 4.69) is 0 Å². The minimum atomic E-state index is -4.68. The highest BCUT2D eigenvalue weighted by Gasteiger charge is 2.62. The molecule has 1 unspecified atom stereocenters. The van der Waals surface area contributed by atoms with E-state index in [0.29, 0.717) is 0 Å². The Kier molecular flexibility index (Phi) is 2.52. The van der Waals surface area contributed by atoms with Gasteiger partial charge >= 0.3 is 10.1 Å². The molecular formula is C10H10FO4S. The van der Waals surface area contributed by atoms with Crippen LogP contribution in [-0.4, -0.2) is 19.6 Å². The Morgan fingerprint density at radius 2 is 1.94 bits per heavy atom. The van der Waals surface area contributed by atoms with E-state index in [4.69, 9.17) is 9.29 Å². The minimum absolute atomic E-state index is 0.0735. The largest absolute Gasteiger partial charge is 0.347 e. The van der Waals surface area contributed by atoms with Gasteiger partial charge in [0, 0.05) is 5.56 Å². The molecule has 1 atom stereocenters. The van der Waals surface area contributed by atoms with Crippen LogP contribution in [0.5, 0.6) is 0 Å². The smallest absolute Gasteiger partial charge is 0.303 e. The van der Waals surface area contributed by atoms with Crippen LogP contribution in [0.2, 0.25) is 0 Å². The fourth-order valence-electron chi connectivity index (χ4n) is 1.63. The number of hydrogen-bond donors (Lipinski definition) is 1. The van der Waals surface area contributed by atoms with E-state index in [1.807, 2.05) is 6.92 Å². The zero-order chi connectivity index (χ0) is 12.0. The van der Waals surface area contributed by atoms with Crippen molar-refractivity contribution in [1.29, 1.82) is 0 Å². The van der Waals surface area contributed by atoms with Crippen LogP contribution in [0.1, 0.15) is 11.1 Å². The molecule has 0 aromatic heterocycles. The van der Waals surface area contributed by atoms with Gasteiger partial charge in [-0.05, 0) is 6.92 Å². The molecule has 2 rings (SSSR count). The molecule has 0 saturated carbocycles. The highest BCUT2D eigenvalue weighted by atomic mass is 32.2. The van der Waals surface area contributed by atoms with Crippen molar-refractivity contribution in [3.8, 4) is 0 Å². The van der Waals surface area contributed by atoms with Crippen molar-refractivity contribution in [2.24, 2.45) is 0 Å². The highest BCUT2D eigenvalue weighted by molar-refractivity contribution is 7.86. The summed E-state index contributed by atoms with van der Waals surface area (Å²) in [6.45, 7) is 1.40. The molecule has 1 fully saturated rings. The van der Waals surface area contributed by atoms with Gasteiger partial charge in [-0.1, -0.05) is 29.8 Å². The molecule has 0 amide bonds. The molecule has 1 radical (unpaired) electrons. The summed E-state index contributed by atoms with van der Waals surface area (Å²) in [6.07, 6.45) is -0.904. The Hall–Kier alpha value is -0.980. The van der Waals surface area contributed by atoms with E-state index in [1.54, 1.807) is 12.1 Å². The number of hydrogen-bond acceptors (Lipinski definition) is 3. The van der Waals surface area contributed by atoms with Crippen molar-refractivity contribution in [1.82, 2.24) is 0 Å². The minimum Gasteiger partial charge on any atom is -0.347 e. The van der Waals surface area contributed by atoms with Gasteiger partial charge in [-0.25, -0.2) is 4.39 Å². The number of aryl methyl sites for hydroxylation is 1. The normalized spacial score (nSPS) is 26.4. The van der Waals surface area contributed by atoms with Crippen molar-refractivity contribution in [3.05, 3.63) is 41.6 Å². The molecule has 1 aliphatic rings. The second kappa shape index (κ2) is 3.51. The molecule has 1 aromatic rings. The maximum absolute atomic E-state index is 13.4. The fourth-order valence-corrected chi connectivity index (χ4v) is 2.61. The van der Waals surface area contributed by atoms with Gasteiger partial charge in [-0.2, -0.15) is 8.42 Å². The summed E-state index contributed by atoms with van der Waals surface area (Å²) in [5, 5.41) is 0. The van der Waals surface area contributed by atoms with Gasteiger partial charge in [-0.3, -0.25) is 4.55 Å². The van der Waals surface area contributed by atoms with Crippen LogP contribution in [0, 0.1) is 13.1 Å². The van der Waals surface area contributed by atoms with E-state index in [9.17, 15) is 12.8 Å². The maximum atomic E-state index is 13.4. The van der Waals surface area contributed by atoms with Crippen LogP contribution in [0.25, 0.3) is 0 Å². The third-order valence-corrected chi connectivity index (χ3v) is 3.86. The highest BCUT2D eigenvalue weighted by Crippen LogP contribution is 2.48. The third kappa shape index (κ3) is 1.45. The number of ether oxygens (including phenoxy) is 1. The Labute approximate surface area is 92.8 Å². The summed E-state index contributed by atoms with van der Waals surface area (Å²) in [5.74, 6) is 0. The topological polar surface area (TPSA) is 63.6 Å². The average molecular weight is 245 g/mol. The van der Waals surface area contributed by atoms with Crippen LogP contribution in [0.15, 0.2) is 24.3 Å². The zero-order valence-corrected chi connectivity index (χ0v) is 9.29. The zero-order valence-electron chi connectivity index (χ0n) is 8.47. The van der Waals surface area contributed by atoms with Crippen molar-refractivity contribution in [2.45, 2.75) is 11.9 Å². The van der Waals surface area contributed by atoms with Crippen molar-refractivity contribution >= 4 is 10.1 Å². The Morgan fingerprint density at radius 1 is 1.38 bits per heavy atom. The van der Waals surface area contributed by atoms with Crippen LogP contribution >= 0.6 is 0 Å². The van der Waals surface area contributed by atoms with Crippen LogP contribution in [-0.2, 0) is 19.8 Å². The molecular weight excluding hydrogens is 235 g/mol. The lowest BCUT2D eigenvalue weighted by Crippen LogP contribution is -2.52. The summed E-state index contributed by atoms with van der Waals surface area (Å²) in [7, 11) is -4.68. The Balaban J connectivity index is 2.54. The molecule has 16 heavy (non-hydrogen) atoms. The molecule has 1 heterocycles. The Bertz CT molecular complexity index is 496. The molecule has 1 saturated heterocycles. The van der Waals surface area contributed by atoms with Crippen LogP contribution in [0.3, 0.4) is 0 Å². The molecule has 0 aliphatic carbocycles. The summed E-state index contributed by atoms with van der Waals surface area (Å²) in [5.41, 5.74) is 0.971. The van der Waals surface area contributed by atoms with E-state index in [-0.39, 0.29) is 5.56 Å². The fraction of sp³-hybridized carbons (Fsp3) is 0.300. The van der Waals surface area contributed by atoms with E-state index in [0.717, 1.165) is 5.56 Å². The molecule has 0 spiro atoms. The number of halogens is 1. The molecule has 1 aromatic carbocycles. The van der Waals surface area contributed by atoms with Crippen LogP contribution < -0.4 is 0 Å². The molecule has 1 N–H and O–H groups in total. The monoisotopic (exact) mass is 245 g/mol. The van der Waals surface area contributed by atoms with E-state index in [1.165, 1.54) is 12.1 Å². The quantitative estimate of drug-likeness (QED) is 0.803. The lowest BCUT2D eigenvalue weighted by Gasteiger charge is -2.40. The predicted octanol–water partition coefficient (Wildman–Crippen LogP) is 1.57. The van der Waals surface area contributed by atoms with Gasteiger partial charge in [0.1, 0.15) is 0 Å². The maximum Gasteiger partial charge on any atom is 0.303 e. The first-order valence-electron chi connectivity index (χ1n) is 4.58. The first-order chi connectivity index (χ1) is 7.38. The molecule has 1 aliphatic heterocycles. The molecule has 87 valence electrons.